The molecule has 1 saturated heterocycles. The van der Waals surface area contributed by atoms with Crippen LogP contribution in [0.4, 0.5) is 0 Å². The van der Waals surface area contributed by atoms with E-state index in [-0.39, 0.29) is 18.0 Å². The van der Waals surface area contributed by atoms with Gasteiger partial charge in [-0.15, -0.1) is 0 Å². The van der Waals surface area contributed by atoms with Gasteiger partial charge in [-0.25, -0.2) is 8.42 Å². The van der Waals surface area contributed by atoms with Crippen molar-refractivity contribution in [2.75, 3.05) is 39.3 Å². The third-order valence-corrected chi connectivity index (χ3v) is 8.53. The summed E-state index contributed by atoms with van der Waals surface area (Å²) in [5.41, 5.74) is 0.992. The molecule has 0 amide bonds. The highest BCUT2D eigenvalue weighted by Crippen LogP contribution is 2.20. The second-order valence-corrected chi connectivity index (χ2v) is 9.93. The molecule has 1 heterocycles. The first kappa shape index (κ1) is 20.3. The molecule has 0 aromatic heterocycles. The monoisotopic (exact) mass is 389 g/mol. The summed E-state index contributed by atoms with van der Waals surface area (Å²) in [4.78, 5) is 0.248. The van der Waals surface area contributed by atoms with Crippen LogP contribution in [-0.2, 0) is 20.2 Å². The van der Waals surface area contributed by atoms with Crippen LogP contribution in [0, 0.1) is 6.92 Å². The maximum atomic E-state index is 12.8. The van der Waals surface area contributed by atoms with Crippen molar-refractivity contribution in [1.29, 1.82) is 0 Å². The summed E-state index contributed by atoms with van der Waals surface area (Å²) in [5, 5.41) is 0. The van der Waals surface area contributed by atoms with E-state index in [4.69, 9.17) is 0 Å². The average molecular weight is 390 g/mol. The summed E-state index contributed by atoms with van der Waals surface area (Å²) in [5.74, 6) is 0. The number of benzene rings is 1. The summed E-state index contributed by atoms with van der Waals surface area (Å²) in [6.45, 7) is 7.29. The van der Waals surface area contributed by atoms with Crippen LogP contribution in [-0.4, -0.2) is 69.0 Å². The molecule has 1 aromatic rings. The van der Waals surface area contributed by atoms with E-state index in [0.29, 0.717) is 32.6 Å². The molecule has 0 unspecified atom stereocenters. The Kier molecular flexibility index (Phi) is 6.61. The van der Waals surface area contributed by atoms with E-state index in [1.807, 2.05) is 6.92 Å². The Bertz CT molecular complexity index is 772. The molecular weight excluding hydrogens is 362 g/mol. The van der Waals surface area contributed by atoms with Gasteiger partial charge >= 0.3 is 0 Å². The van der Waals surface area contributed by atoms with Gasteiger partial charge in [-0.2, -0.15) is 21.3 Å². The number of aryl methyl sites for hydroxylation is 1. The van der Waals surface area contributed by atoms with Crippen LogP contribution in [0.3, 0.4) is 0 Å². The summed E-state index contributed by atoms with van der Waals surface area (Å²) in [6.07, 6.45) is 0.478. The Labute approximate surface area is 151 Å². The smallest absolute Gasteiger partial charge is 0.207 e. The summed E-state index contributed by atoms with van der Waals surface area (Å²) in [6, 6.07) is 6.73. The Morgan fingerprint density at radius 3 is 1.96 bits per heavy atom. The minimum absolute atomic E-state index is 0.163. The normalized spacial score (nSPS) is 18.4. The second-order valence-electron chi connectivity index (χ2n) is 6.06. The standard InChI is InChI=1S/C16H27N3O4S2/c1-4-17(5-2)25(22,23)19-12-6-11-18(13-14-19)24(20,21)16-9-7-15(3)8-10-16/h7-10H,4-6,11-14H2,1-3H3. The van der Waals surface area contributed by atoms with E-state index in [1.54, 1.807) is 38.1 Å². The SMILES string of the molecule is CCN(CC)S(=O)(=O)N1CCCN(S(=O)(=O)c2ccc(C)cc2)CC1. The van der Waals surface area contributed by atoms with Crippen LogP contribution in [0.15, 0.2) is 29.2 Å². The minimum Gasteiger partial charge on any atom is -0.207 e. The number of hydrogen-bond donors (Lipinski definition) is 0. The van der Waals surface area contributed by atoms with Crippen LogP contribution in [0.1, 0.15) is 25.8 Å². The van der Waals surface area contributed by atoms with Crippen molar-refractivity contribution in [2.24, 2.45) is 0 Å². The molecule has 2 rings (SSSR count). The Morgan fingerprint density at radius 2 is 1.40 bits per heavy atom. The Balaban J connectivity index is 2.17. The number of nitrogens with zero attached hydrogens (tertiary/aromatic N) is 3. The quantitative estimate of drug-likeness (QED) is 0.734. The minimum atomic E-state index is -3.60. The summed E-state index contributed by atoms with van der Waals surface area (Å²) < 4.78 is 55.1. The second kappa shape index (κ2) is 8.13. The fourth-order valence-electron chi connectivity index (χ4n) is 2.91. The molecule has 1 aliphatic heterocycles. The third-order valence-electron chi connectivity index (χ3n) is 4.43. The first-order chi connectivity index (χ1) is 11.7. The fourth-order valence-corrected chi connectivity index (χ4v) is 6.03. The van der Waals surface area contributed by atoms with Gasteiger partial charge in [-0.1, -0.05) is 31.5 Å². The van der Waals surface area contributed by atoms with Crippen molar-refractivity contribution in [3.63, 3.8) is 0 Å². The predicted octanol–water partition coefficient (Wildman–Crippen LogP) is 1.28. The molecular formula is C16H27N3O4S2. The first-order valence-electron chi connectivity index (χ1n) is 8.55. The van der Waals surface area contributed by atoms with Crippen molar-refractivity contribution in [3.05, 3.63) is 29.8 Å². The molecule has 0 bridgehead atoms. The summed E-state index contributed by atoms with van der Waals surface area (Å²) >= 11 is 0. The molecule has 25 heavy (non-hydrogen) atoms. The molecule has 9 heteroatoms. The van der Waals surface area contributed by atoms with E-state index in [0.717, 1.165) is 5.56 Å². The number of sulfonamides is 1. The van der Waals surface area contributed by atoms with Crippen LogP contribution in [0.2, 0.25) is 0 Å². The van der Waals surface area contributed by atoms with Gasteiger partial charge in [0.05, 0.1) is 4.90 Å². The molecule has 1 aromatic carbocycles. The zero-order valence-corrected chi connectivity index (χ0v) is 16.7. The van der Waals surface area contributed by atoms with Crippen molar-refractivity contribution in [1.82, 2.24) is 12.9 Å². The van der Waals surface area contributed by atoms with Crippen LogP contribution < -0.4 is 0 Å². The maximum absolute atomic E-state index is 12.8. The third kappa shape index (κ3) is 4.40. The topological polar surface area (TPSA) is 78.0 Å². The van der Waals surface area contributed by atoms with E-state index >= 15 is 0 Å². The lowest BCUT2D eigenvalue weighted by atomic mass is 10.2. The van der Waals surface area contributed by atoms with E-state index < -0.39 is 20.2 Å². The summed E-state index contributed by atoms with van der Waals surface area (Å²) in [7, 11) is -7.15. The van der Waals surface area contributed by atoms with E-state index in [2.05, 4.69) is 0 Å². The molecule has 0 N–H and O–H groups in total. The molecule has 0 spiro atoms. The number of hydrogen-bond acceptors (Lipinski definition) is 4. The van der Waals surface area contributed by atoms with Crippen molar-refractivity contribution in [2.45, 2.75) is 32.1 Å². The van der Waals surface area contributed by atoms with Gasteiger partial charge in [0.2, 0.25) is 10.0 Å². The zero-order chi connectivity index (χ0) is 18.7. The molecule has 0 atom stereocenters. The van der Waals surface area contributed by atoms with Crippen LogP contribution >= 0.6 is 0 Å². The first-order valence-corrected chi connectivity index (χ1v) is 11.4. The highest BCUT2D eigenvalue weighted by Gasteiger charge is 2.32. The molecule has 0 radical (unpaired) electrons. The predicted molar refractivity (Wildman–Crippen MR) is 98.0 cm³/mol. The molecule has 1 aliphatic rings. The van der Waals surface area contributed by atoms with Crippen molar-refractivity contribution in [3.8, 4) is 0 Å². The van der Waals surface area contributed by atoms with Gasteiger partial charge in [-0.3, -0.25) is 0 Å². The van der Waals surface area contributed by atoms with Gasteiger partial charge in [-0.05, 0) is 25.5 Å². The van der Waals surface area contributed by atoms with Crippen molar-refractivity contribution < 1.29 is 16.8 Å². The van der Waals surface area contributed by atoms with Crippen LogP contribution in [0.25, 0.3) is 0 Å². The van der Waals surface area contributed by atoms with Gasteiger partial charge in [0.25, 0.3) is 10.2 Å². The highest BCUT2D eigenvalue weighted by molar-refractivity contribution is 7.89. The van der Waals surface area contributed by atoms with Gasteiger partial charge < -0.3 is 0 Å². The molecule has 0 saturated carbocycles. The van der Waals surface area contributed by atoms with E-state index in [1.165, 1.54) is 12.9 Å². The highest BCUT2D eigenvalue weighted by atomic mass is 32.2. The Morgan fingerprint density at radius 1 is 0.880 bits per heavy atom. The molecule has 142 valence electrons. The molecule has 0 aliphatic carbocycles. The fraction of sp³-hybridized carbons (Fsp3) is 0.625. The van der Waals surface area contributed by atoms with Gasteiger partial charge in [0.15, 0.2) is 0 Å². The molecule has 1 fully saturated rings. The Hall–Kier alpha value is -1.00. The molecule has 7 nitrogen and oxygen atoms in total. The van der Waals surface area contributed by atoms with Gasteiger partial charge in [0, 0.05) is 39.3 Å². The lowest BCUT2D eigenvalue weighted by Crippen LogP contribution is -2.45. The van der Waals surface area contributed by atoms with Crippen LogP contribution in [0.5, 0.6) is 0 Å². The van der Waals surface area contributed by atoms with Crippen molar-refractivity contribution >= 4 is 20.2 Å². The lowest BCUT2D eigenvalue weighted by molar-refractivity contribution is 0.352. The maximum Gasteiger partial charge on any atom is 0.281 e. The lowest BCUT2D eigenvalue weighted by Gasteiger charge is -2.27. The van der Waals surface area contributed by atoms with Gasteiger partial charge in [0.1, 0.15) is 0 Å². The van der Waals surface area contributed by atoms with E-state index in [9.17, 15) is 16.8 Å². The zero-order valence-electron chi connectivity index (χ0n) is 15.1. The largest absolute Gasteiger partial charge is 0.281 e. The average Bonchev–Trinajstić information content (AvgIpc) is 2.83. The number of rotatable bonds is 6.